The van der Waals surface area contributed by atoms with Gasteiger partial charge in [-0.05, 0) is 18.6 Å². The van der Waals surface area contributed by atoms with E-state index in [1.54, 1.807) is 22.4 Å². The second kappa shape index (κ2) is 6.84. The molecule has 1 aliphatic rings. The van der Waals surface area contributed by atoms with Crippen LogP contribution in [0.1, 0.15) is 18.2 Å². The number of benzene rings is 1. The summed E-state index contributed by atoms with van der Waals surface area (Å²) in [6.07, 6.45) is 2.48. The summed E-state index contributed by atoms with van der Waals surface area (Å²) in [7, 11) is 1.61. The van der Waals surface area contributed by atoms with Gasteiger partial charge in [0.25, 0.3) is 11.4 Å². The Morgan fingerprint density at radius 1 is 1.29 bits per heavy atom. The highest BCUT2D eigenvalue weighted by atomic mass is 16.5. The molecule has 0 aliphatic carbocycles. The highest BCUT2D eigenvalue weighted by Crippen LogP contribution is 2.27. The lowest BCUT2D eigenvalue weighted by atomic mass is 10.1. The maximum atomic E-state index is 13.3. The standard InChI is InChI=1S/C19H19N5O4/c1-26-9-7-23-13-4-2-3-5-14(13)24-11-20-15(16(24)19(23)25)18-21-17(22-28-18)12-6-8-27-10-12/h2-5,11-12H,6-10H2,1H3. The topological polar surface area (TPSA) is 96.7 Å². The predicted octanol–water partition coefficient (Wildman–Crippen LogP) is 1.85. The van der Waals surface area contributed by atoms with Crippen molar-refractivity contribution in [2.45, 2.75) is 18.9 Å². The van der Waals surface area contributed by atoms with Gasteiger partial charge in [-0.25, -0.2) is 4.98 Å². The van der Waals surface area contributed by atoms with Gasteiger partial charge in [-0.3, -0.25) is 9.20 Å². The summed E-state index contributed by atoms with van der Waals surface area (Å²) in [6, 6.07) is 7.70. The van der Waals surface area contributed by atoms with Gasteiger partial charge >= 0.3 is 0 Å². The number of para-hydroxylation sites is 2. The third-order valence-corrected chi connectivity index (χ3v) is 5.11. The first kappa shape index (κ1) is 17.1. The lowest BCUT2D eigenvalue weighted by molar-refractivity contribution is 0.187. The fourth-order valence-electron chi connectivity index (χ4n) is 3.66. The van der Waals surface area contributed by atoms with Gasteiger partial charge in [0, 0.05) is 26.2 Å². The quantitative estimate of drug-likeness (QED) is 0.520. The van der Waals surface area contributed by atoms with Gasteiger partial charge in [0.15, 0.2) is 11.5 Å². The van der Waals surface area contributed by atoms with Gasteiger partial charge in [-0.2, -0.15) is 4.98 Å². The molecule has 144 valence electrons. The van der Waals surface area contributed by atoms with Crippen molar-refractivity contribution < 1.29 is 14.0 Å². The average Bonchev–Trinajstić information content (AvgIpc) is 3.47. The fraction of sp³-hybridized carbons (Fsp3) is 0.368. The van der Waals surface area contributed by atoms with Crippen LogP contribution in [0, 0.1) is 0 Å². The van der Waals surface area contributed by atoms with Crippen molar-refractivity contribution in [3.05, 3.63) is 46.8 Å². The Morgan fingerprint density at radius 2 is 2.14 bits per heavy atom. The Morgan fingerprint density at radius 3 is 2.93 bits per heavy atom. The molecule has 3 aromatic heterocycles. The van der Waals surface area contributed by atoms with Gasteiger partial charge in [0.05, 0.1) is 24.2 Å². The molecule has 1 unspecified atom stereocenters. The molecule has 1 aliphatic heterocycles. The van der Waals surface area contributed by atoms with Crippen LogP contribution in [0.3, 0.4) is 0 Å². The number of hydrogen-bond acceptors (Lipinski definition) is 7. The van der Waals surface area contributed by atoms with E-state index in [4.69, 9.17) is 14.0 Å². The molecule has 1 saturated heterocycles. The average molecular weight is 381 g/mol. The largest absolute Gasteiger partial charge is 0.383 e. The van der Waals surface area contributed by atoms with E-state index in [2.05, 4.69) is 15.1 Å². The molecule has 0 amide bonds. The molecule has 1 fully saturated rings. The molecule has 0 radical (unpaired) electrons. The Balaban J connectivity index is 1.71. The zero-order chi connectivity index (χ0) is 19.1. The molecule has 0 bridgehead atoms. The van der Waals surface area contributed by atoms with E-state index in [1.807, 2.05) is 24.3 Å². The van der Waals surface area contributed by atoms with Crippen molar-refractivity contribution in [2.24, 2.45) is 0 Å². The molecule has 28 heavy (non-hydrogen) atoms. The van der Waals surface area contributed by atoms with Gasteiger partial charge in [0.1, 0.15) is 11.8 Å². The second-order valence-corrected chi connectivity index (χ2v) is 6.77. The number of ether oxygens (including phenoxy) is 2. The summed E-state index contributed by atoms with van der Waals surface area (Å²) in [4.78, 5) is 22.2. The smallest absolute Gasteiger partial charge is 0.278 e. The first-order valence-corrected chi connectivity index (χ1v) is 9.17. The van der Waals surface area contributed by atoms with Crippen LogP contribution in [0.5, 0.6) is 0 Å². The fourth-order valence-corrected chi connectivity index (χ4v) is 3.66. The van der Waals surface area contributed by atoms with Crippen LogP contribution in [0.2, 0.25) is 0 Å². The number of rotatable bonds is 5. The summed E-state index contributed by atoms with van der Waals surface area (Å²) in [5.74, 6) is 0.954. The van der Waals surface area contributed by atoms with Crippen molar-refractivity contribution in [3.8, 4) is 11.6 Å². The van der Waals surface area contributed by atoms with E-state index in [9.17, 15) is 4.79 Å². The van der Waals surface area contributed by atoms with Gasteiger partial charge in [-0.15, -0.1) is 0 Å². The summed E-state index contributed by atoms with van der Waals surface area (Å²) in [5, 5.41) is 4.08. The molecule has 1 atom stereocenters. The van der Waals surface area contributed by atoms with Crippen molar-refractivity contribution in [1.29, 1.82) is 0 Å². The van der Waals surface area contributed by atoms with Crippen LogP contribution in [0.4, 0.5) is 0 Å². The Bertz CT molecular complexity index is 1200. The van der Waals surface area contributed by atoms with Crippen molar-refractivity contribution >= 4 is 16.6 Å². The normalized spacial score (nSPS) is 17.1. The van der Waals surface area contributed by atoms with Crippen LogP contribution in [0.25, 0.3) is 28.1 Å². The zero-order valence-electron chi connectivity index (χ0n) is 15.4. The van der Waals surface area contributed by atoms with E-state index in [0.29, 0.717) is 43.4 Å². The first-order chi connectivity index (χ1) is 13.8. The molecular formula is C19H19N5O4. The Labute approximate surface area is 159 Å². The maximum Gasteiger partial charge on any atom is 0.278 e. The van der Waals surface area contributed by atoms with Crippen LogP contribution in [-0.4, -0.2) is 51.0 Å². The Kier molecular flexibility index (Phi) is 4.18. The minimum Gasteiger partial charge on any atom is -0.383 e. The van der Waals surface area contributed by atoms with Crippen LogP contribution in [0.15, 0.2) is 39.9 Å². The molecule has 1 aromatic carbocycles. The molecule has 0 N–H and O–H groups in total. The summed E-state index contributed by atoms with van der Waals surface area (Å²) < 4.78 is 19.5. The lowest BCUT2D eigenvalue weighted by Crippen LogP contribution is -2.24. The van der Waals surface area contributed by atoms with Crippen LogP contribution in [-0.2, 0) is 16.0 Å². The number of nitrogens with zero attached hydrogens (tertiary/aromatic N) is 5. The van der Waals surface area contributed by atoms with E-state index >= 15 is 0 Å². The minimum absolute atomic E-state index is 0.116. The SMILES string of the molecule is COCCn1c(=O)c2c(-c3nc(C4CCOC4)no3)ncn2c2ccccc21. The number of fused-ring (bicyclic) bond motifs is 3. The predicted molar refractivity (Wildman–Crippen MR) is 100 cm³/mol. The van der Waals surface area contributed by atoms with Crippen molar-refractivity contribution in [1.82, 2.24) is 24.1 Å². The summed E-state index contributed by atoms with van der Waals surface area (Å²) >= 11 is 0. The van der Waals surface area contributed by atoms with E-state index < -0.39 is 0 Å². The summed E-state index contributed by atoms with van der Waals surface area (Å²) in [6.45, 7) is 2.14. The first-order valence-electron chi connectivity index (χ1n) is 9.17. The Hall–Kier alpha value is -3.04. The van der Waals surface area contributed by atoms with E-state index in [1.165, 1.54) is 0 Å². The highest BCUT2D eigenvalue weighted by Gasteiger charge is 2.26. The molecule has 9 heteroatoms. The summed E-state index contributed by atoms with van der Waals surface area (Å²) in [5.41, 5.74) is 2.31. The molecule has 9 nitrogen and oxygen atoms in total. The zero-order valence-corrected chi connectivity index (χ0v) is 15.4. The van der Waals surface area contributed by atoms with Crippen molar-refractivity contribution in [3.63, 3.8) is 0 Å². The monoisotopic (exact) mass is 381 g/mol. The number of imidazole rings is 1. The van der Waals surface area contributed by atoms with E-state index in [0.717, 1.165) is 17.5 Å². The molecule has 4 heterocycles. The molecular weight excluding hydrogens is 362 g/mol. The number of hydrogen-bond donors (Lipinski definition) is 0. The number of aromatic nitrogens is 5. The molecule has 0 spiro atoms. The lowest BCUT2D eigenvalue weighted by Gasteiger charge is -2.11. The third kappa shape index (κ3) is 2.62. The van der Waals surface area contributed by atoms with Gasteiger partial charge < -0.3 is 18.6 Å². The van der Waals surface area contributed by atoms with Gasteiger partial charge in [0.2, 0.25) is 0 Å². The highest BCUT2D eigenvalue weighted by molar-refractivity contribution is 5.83. The molecule has 5 rings (SSSR count). The maximum absolute atomic E-state index is 13.3. The third-order valence-electron chi connectivity index (χ3n) is 5.11. The molecule has 0 saturated carbocycles. The van der Waals surface area contributed by atoms with Gasteiger partial charge in [-0.1, -0.05) is 17.3 Å². The van der Waals surface area contributed by atoms with E-state index in [-0.39, 0.29) is 17.4 Å². The molecule has 4 aromatic rings. The second-order valence-electron chi connectivity index (χ2n) is 6.77. The number of methoxy groups -OCH3 is 1. The van der Waals surface area contributed by atoms with Crippen LogP contribution >= 0.6 is 0 Å². The van der Waals surface area contributed by atoms with Crippen molar-refractivity contribution in [2.75, 3.05) is 26.9 Å². The van der Waals surface area contributed by atoms with Crippen LogP contribution < -0.4 is 5.56 Å². The minimum atomic E-state index is -0.174.